The maximum absolute atomic E-state index is 5.93. The molecule has 0 unspecified atom stereocenters. The van der Waals surface area contributed by atoms with E-state index in [0.717, 1.165) is 43.6 Å². The number of ether oxygens (including phenoxy) is 1. The Morgan fingerprint density at radius 1 is 1.25 bits per heavy atom. The van der Waals surface area contributed by atoms with E-state index in [1.165, 1.54) is 37.7 Å². The zero-order valence-corrected chi connectivity index (χ0v) is 13.0. The van der Waals surface area contributed by atoms with Gasteiger partial charge in [0.2, 0.25) is 5.88 Å². The maximum atomic E-state index is 5.93. The van der Waals surface area contributed by atoms with Crippen LogP contribution in [0.1, 0.15) is 56.7 Å². The molecule has 0 amide bonds. The molecule has 2 rings (SSSR count). The SMILES string of the molecule is CCCNCc1cc(C)nc(OCC2CCCCC2)c1. The van der Waals surface area contributed by atoms with Gasteiger partial charge in [0.1, 0.15) is 0 Å². The van der Waals surface area contributed by atoms with Crippen LogP contribution in [0.5, 0.6) is 5.88 Å². The summed E-state index contributed by atoms with van der Waals surface area (Å²) in [6, 6.07) is 4.22. The number of nitrogens with zero attached hydrogens (tertiary/aromatic N) is 1. The van der Waals surface area contributed by atoms with Crippen molar-refractivity contribution >= 4 is 0 Å². The summed E-state index contributed by atoms with van der Waals surface area (Å²) in [6.07, 6.45) is 7.91. The molecule has 3 nitrogen and oxygen atoms in total. The van der Waals surface area contributed by atoms with Gasteiger partial charge in [-0.15, -0.1) is 0 Å². The molecule has 0 spiro atoms. The van der Waals surface area contributed by atoms with Crippen molar-refractivity contribution in [1.29, 1.82) is 0 Å². The molecule has 0 atom stereocenters. The Kier molecular flexibility index (Phi) is 6.31. The number of pyridine rings is 1. The summed E-state index contributed by atoms with van der Waals surface area (Å²) < 4.78 is 5.93. The van der Waals surface area contributed by atoms with Crippen molar-refractivity contribution in [2.75, 3.05) is 13.2 Å². The summed E-state index contributed by atoms with van der Waals surface area (Å²) in [7, 11) is 0. The minimum Gasteiger partial charge on any atom is -0.477 e. The first-order valence-corrected chi connectivity index (χ1v) is 8.09. The number of hydrogen-bond acceptors (Lipinski definition) is 3. The van der Waals surface area contributed by atoms with E-state index in [1.807, 2.05) is 6.92 Å². The molecule has 1 heterocycles. The van der Waals surface area contributed by atoms with Crippen molar-refractivity contribution < 1.29 is 4.74 Å². The Morgan fingerprint density at radius 2 is 2.05 bits per heavy atom. The number of rotatable bonds is 7. The van der Waals surface area contributed by atoms with Crippen LogP contribution in [0, 0.1) is 12.8 Å². The standard InChI is InChI=1S/C17H28N2O/c1-3-9-18-12-16-10-14(2)19-17(11-16)20-13-15-7-5-4-6-8-15/h10-11,15,18H,3-9,12-13H2,1-2H3. The lowest BCUT2D eigenvalue weighted by Gasteiger charge is -2.21. The van der Waals surface area contributed by atoms with Crippen molar-refractivity contribution in [3.05, 3.63) is 23.4 Å². The first-order valence-electron chi connectivity index (χ1n) is 8.09. The maximum Gasteiger partial charge on any atom is 0.213 e. The van der Waals surface area contributed by atoms with Gasteiger partial charge in [0.25, 0.3) is 0 Å². The fraction of sp³-hybridized carbons (Fsp3) is 0.706. The number of nitrogens with one attached hydrogen (secondary N) is 1. The molecule has 1 fully saturated rings. The van der Waals surface area contributed by atoms with Crippen LogP contribution in [0.25, 0.3) is 0 Å². The average Bonchev–Trinajstić information content (AvgIpc) is 2.46. The summed E-state index contributed by atoms with van der Waals surface area (Å²) in [6.45, 7) is 7.01. The number of hydrogen-bond donors (Lipinski definition) is 1. The molecule has 1 aliphatic carbocycles. The third-order valence-corrected chi connectivity index (χ3v) is 3.94. The molecule has 1 aliphatic rings. The summed E-state index contributed by atoms with van der Waals surface area (Å²) in [5.41, 5.74) is 2.31. The van der Waals surface area contributed by atoms with E-state index in [-0.39, 0.29) is 0 Å². The third kappa shape index (κ3) is 5.12. The minimum absolute atomic E-state index is 0.729. The van der Waals surface area contributed by atoms with Crippen molar-refractivity contribution in [1.82, 2.24) is 10.3 Å². The summed E-state index contributed by atoms with van der Waals surface area (Å²) in [5.74, 6) is 1.52. The van der Waals surface area contributed by atoms with E-state index < -0.39 is 0 Å². The predicted molar refractivity (Wildman–Crippen MR) is 83.0 cm³/mol. The van der Waals surface area contributed by atoms with Crippen molar-refractivity contribution in [2.24, 2.45) is 5.92 Å². The lowest BCUT2D eigenvalue weighted by Crippen LogP contribution is -2.17. The molecule has 0 aromatic carbocycles. The number of aromatic nitrogens is 1. The Labute approximate surface area is 123 Å². The molecule has 112 valence electrons. The topological polar surface area (TPSA) is 34.2 Å². The van der Waals surface area contributed by atoms with E-state index in [1.54, 1.807) is 0 Å². The minimum atomic E-state index is 0.729. The van der Waals surface area contributed by atoms with Crippen LogP contribution in [0.4, 0.5) is 0 Å². The van der Waals surface area contributed by atoms with E-state index in [0.29, 0.717) is 0 Å². The Balaban J connectivity index is 1.86. The molecule has 1 saturated carbocycles. The lowest BCUT2D eigenvalue weighted by molar-refractivity contribution is 0.202. The average molecular weight is 276 g/mol. The smallest absolute Gasteiger partial charge is 0.213 e. The summed E-state index contributed by atoms with van der Waals surface area (Å²) in [4.78, 5) is 4.50. The van der Waals surface area contributed by atoms with Gasteiger partial charge in [-0.05, 0) is 50.3 Å². The third-order valence-electron chi connectivity index (χ3n) is 3.94. The highest BCUT2D eigenvalue weighted by atomic mass is 16.5. The second-order valence-corrected chi connectivity index (χ2v) is 5.95. The van der Waals surface area contributed by atoms with Crippen molar-refractivity contribution in [2.45, 2.75) is 58.9 Å². The second-order valence-electron chi connectivity index (χ2n) is 5.95. The van der Waals surface area contributed by atoms with E-state index in [4.69, 9.17) is 4.74 Å². The summed E-state index contributed by atoms with van der Waals surface area (Å²) in [5, 5.41) is 3.43. The van der Waals surface area contributed by atoms with Gasteiger partial charge in [0, 0.05) is 18.3 Å². The van der Waals surface area contributed by atoms with Crippen LogP contribution in [0.3, 0.4) is 0 Å². The lowest BCUT2D eigenvalue weighted by atomic mass is 9.90. The van der Waals surface area contributed by atoms with Crippen LogP contribution in [0.15, 0.2) is 12.1 Å². The molecule has 0 saturated heterocycles. The van der Waals surface area contributed by atoms with Crippen molar-refractivity contribution in [3.8, 4) is 5.88 Å². The quantitative estimate of drug-likeness (QED) is 0.768. The van der Waals surface area contributed by atoms with E-state index in [9.17, 15) is 0 Å². The van der Waals surface area contributed by atoms with E-state index in [2.05, 4.69) is 29.4 Å². The van der Waals surface area contributed by atoms with Gasteiger partial charge in [0.15, 0.2) is 0 Å². The van der Waals surface area contributed by atoms with Gasteiger partial charge >= 0.3 is 0 Å². The van der Waals surface area contributed by atoms with Gasteiger partial charge in [-0.25, -0.2) is 4.98 Å². The van der Waals surface area contributed by atoms with Gasteiger partial charge < -0.3 is 10.1 Å². The summed E-state index contributed by atoms with van der Waals surface area (Å²) >= 11 is 0. The second kappa shape index (κ2) is 8.25. The molecule has 20 heavy (non-hydrogen) atoms. The molecule has 0 aliphatic heterocycles. The van der Waals surface area contributed by atoms with Crippen LogP contribution in [-0.2, 0) is 6.54 Å². The largest absolute Gasteiger partial charge is 0.477 e. The van der Waals surface area contributed by atoms with Crippen LogP contribution in [0.2, 0.25) is 0 Å². The Bertz CT molecular complexity index is 400. The molecule has 0 bridgehead atoms. The van der Waals surface area contributed by atoms with Gasteiger partial charge in [-0.3, -0.25) is 0 Å². The van der Waals surface area contributed by atoms with Gasteiger partial charge in [-0.1, -0.05) is 26.2 Å². The van der Waals surface area contributed by atoms with E-state index >= 15 is 0 Å². The molecule has 3 heteroatoms. The highest BCUT2D eigenvalue weighted by molar-refractivity contribution is 5.24. The predicted octanol–water partition coefficient (Wildman–Crippen LogP) is 3.85. The first-order chi connectivity index (χ1) is 9.78. The zero-order valence-electron chi connectivity index (χ0n) is 13.0. The molecule has 0 radical (unpaired) electrons. The molecular formula is C17H28N2O. The Morgan fingerprint density at radius 3 is 2.80 bits per heavy atom. The zero-order chi connectivity index (χ0) is 14.2. The molecular weight excluding hydrogens is 248 g/mol. The normalized spacial score (nSPS) is 16.3. The first kappa shape index (κ1) is 15.3. The monoisotopic (exact) mass is 276 g/mol. The molecule has 1 N–H and O–H groups in total. The van der Waals surface area contributed by atoms with Crippen LogP contribution in [-0.4, -0.2) is 18.1 Å². The number of aryl methyl sites for hydroxylation is 1. The van der Waals surface area contributed by atoms with Crippen LogP contribution < -0.4 is 10.1 Å². The van der Waals surface area contributed by atoms with Gasteiger partial charge in [-0.2, -0.15) is 0 Å². The highest BCUT2D eigenvalue weighted by Gasteiger charge is 2.14. The fourth-order valence-corrected chi connectivity index (χ4v) is 2.85. The van der Waals surface area contributed by atoms with Crippen molar-refractivity contribution in [3.63, 3.8) is 0 Å². The Hall–Kier alpha value is -1.09. The molecule has 1 aromatic heterocycles. The highest BCUT2D eigenvalue weighted by Crippen LogP contribution is 2.24. The van der Waals surface area contributed by atoms with Gasteiger partial charge in [0.05, 0.1) is 6.61 Å². The van der Waals surface area contributed by atoms with Crippen LogP contribution >= 0.6 is 0 Å². The fourth-order valence-electron chi connectivity index (χ4n) is 2.85. The molecule has 1 aromatic rings.